The fourth-order valence-electron chi connectivity index (χ4n) is 0.613. The molecule has 1 N–H and O–H groups in total. The van der Waals surface area contributed by atoms with Crippen molar-refractivity contribution in [2.24, 2.45) is 0 Å². The number of thiophene rings is 1. The molecule has 1 aromatic rings. The molecule has 0 bridgehead atoms. The molecule has 0 radical (unpaired) electrons. The number of alkyl halides is 1. The molecule has 0 saturated carbocycles. The molecule has 10 heavy (non-hydrogen) atoms. The molecule has 56 valence electrons. The molecule has 0 amide bonds. The Morgan fingerprint density at radius 3 is 2.90 bits per heavy atom. The standard InChI is InChI=1S/C6H6BrFOS/c7-4-1-2-10-6(4)5(9)3-8/h1-2,5,9H,3H2. The third kappa shape index (κ3) is 1.56. The zero-order valence-electron chi connectivity index (χ0n) is 5.05. The van der Waals surface area contributed by atoms with Crippen molar-refractivity contribution >= 4 is 27.3 Å². The van der Waals surface area contributed by atoms with E-state index in [0.29, 0.717) is 4.88 Å². The molecule has 0 spiro atoms. The van der Waals surface area contributed by atoms with Gasteiger partial charge in [0.1, 0.15) is 12.8 Å². The summed E-state index contributed by atoms with van der Waals surface area (Å²) in [6, 6.07) is 1.79. The van der Waals surface area contributed by atoms with Crippen LogP contribution in [0.1, 0.15) is 11.0 Å². The van der Waals surface area contributed by atoms with E-state index in [-0.39, 0.29) is 0 Å². The molecule has 0 saturated heterocycles. The van der Waals surface area contributed by atoms with Crippen LogP contribution in [0.15, 0.2) is 15.9 Å². The molecule has 1 atom stereocenters. The first-order valence-corrected chi connectivity index (χ1v) is 4.40. The summed E-state index contributed by atoms with van der Waals surface area (Å²) in [6.07, 6.45) is -0.964. The monoisotopic (exact) mass is 224 g/mol. The molecule has 0 fully saturated rings. The molecule has 1 heterocycles. The predicted molar refractivity (Wildman–Crippen MR) is 43.0 cm³/mol. The summed E-state index contributed by atoms with van der Waals surface area (Å²) in [7, 11) is 0. The van der Waals surface area contributed by atoms with E-state index < -0.39 is 12.8 Å². The molecule has 1 rings (SSSR count). The van der Waals surface area contributed by atoms with E-state index in [1.165, 1.54) is 11.3 Å². The maximum absolute atomic E-state index is 11.9. The zero-order chi connectivity index (χ0) is 7.56. The quantitative estimate of drug-likeness (QED) is 0.819. The van der Waals surface area contributed by atoms with Gasteiger partial charge in [0.2, 0.25) is 0 Å². The van der Waals surface area contributed by atoms with Crippen molar-refractivity contribution in [3.8, 4) is 0 Å². The molecule has 0 aliphatic carbocycles. The van der Waals surface area contributed by atoms with Crippen LogP contribution in [-0.2, 0) is 0 Å². The summed E-state index contributed by atoms with van der Waals surface area (Å²) in [5.41, 5.74) is 0. The SMILES string of the molecule is OC(CF)c1sccc1Br. The van der Waals surface area contributed by atoms with Crippen LogP contribution in [0.25, 0.3) is 0 Å². The van der Waals surface area contributed by atoms with Crippen LogP contribution >= 0.6 is 27.3 Å². The molecule has 1 unspecified atom stereocenters. The van der Waals surface area contributed by atoms with E-state index >= 15 is 0 Å². The molecule has 0 aliphatic heterocycles. The average Bonchev–Trinajstić information content (AvgIpc) is 2.34. The lowest BCUT2D eigenvalue weighted by atomic mass is 10.3. The Morgan fingerprint density at radius 2 is 2.50 bits per heavy atom. The molecular formula is C6H6BrFOS. The van der Waals surface area contributed by atoms with Gasteiger partial charge in [-0.25, -0.2) is 4.39 Å². The van der Waals surface area contributed by atoms with Crippen LogP contribution < -0.4 is 0 Å². The fourth-order valence-corrected chi connectivity index (χ4v) is 2.22. The largest absolute Gasteiger partial charge is 0.385 e. The Bertz CT molecular complexity index is 213. The Labute approximate surface area is 70.6 Å². The average molecular weight is 225 g/mol. The van der Waals surface area contributed by atoms with E-state index in [4.69, 9.17) is 5.11 Å². The third-order valence-corrected chi connectivity index (χ3v) is 3.07. The van der Waals surface area contributed by atoms with E-state index in [2.05, 4.69) is 15.9 Å². The van der Waals surface area contributed by atoms with Gasteiger partial charge in [-0.2, -0.15) is 0 Å². The van der Waals surface area contributed by atoms with Crippen LogP contribution in [-0.4, -0.2) is 11.8 Å². The minimum Gasteiger partial charge on any atom is -0.385 e. The Hall–Kier alpha value is 0.0700. The fraction of sp³-hybridized carbons (Fsp3) is 0.333. The van der Waals surface area contributed by atoms with Gasteiger partial charge in [0.25, 0.3) is 0 Å². The number of hydrogen-bond donors (Lipinski definition) is 1. The van der Waals surface area contributed by atoms with Gasteiger partial charge in [-0.3, -0.25) is 0 Å². The molecule has 0 aliphatic rings. The lowest BCUT2D eigenvalue weighted by Gasteiger charge is -2.01. The van der Waals surface area contributed by atoms with Crippen molar-refractivity contribution in [1.29, 1.82) is 0 Å². The zero-order valence-corrected chi connectivity index (χ0v) is 7.45. The van der Waals surface area contributed by atoms with Crippen molar-refractivity contribution in [3.63, 3.8) is 0 Å². The third-order valence-electron chi connectivity index (χ3n) is 1.09. The first-order valence-electron chi connectivity index (χ1n) is 2.72. The highest BCUT2D eigenvalue weighted by Gasteiger charge is 2.11. The Kier molecular flexibility index (Phi) is 2.82. The second-order valence-corrected chi connectivity index (χ2v) is 3.60. The lowest BCUT2D eigenvalue weighted by Crippen LogP contribution is -1.96. The molecule has 1 nitrogen and oxygen atoms in total. The lowest BCUT2D eigenvalue weighted by molar-refractivity contribution is 0.144. The number of aliphatic hydroxyl groups excluding tert-OH is 1. The highest BCUT2D eigenvalue weighted by atomic mass is 79.9. The summed E-state index contributed by atoms with van der Waals surface area (Å²) in [5.74, 6) is 0. The van der Waals surface area contributed by atoms with Gasteiger partial charge in [0.05, 0.1) is 0 Å². The maximum atomic E-state index is 11.9. The topological polar surface area (TPSA) is 20.2 Å². The van der Waals surface area contributed by atoms with Crippen LogP contribution in [0.4, 0.5) is 4.39 Å². The van der Waals surface area contributed by atoms with Crippen LogP contribution in [0, 0.1) is 0 Å². The van der Waals surface area contributed by atoms with Crippen molar-refractivity contribution in [3.05, 3.63) is 20.8 Å². The maximum Gasteiger partial charge on any atom is 0.120 e. The minimum atomic E-state index is -0.964. The summed E-state index contributed by atoms with van der Waals surface area (Å²) in [6.45, 7) is -0.723. The van der Waals surface area contributed by atoms with Gasteiger partial charge in [-0.1, -0.05) is 0 Å². The van der Waals surface area contributed by atoms with Gasteiger partial charge < -0.3 is 5.11 Å². The Morgan fingerprint density at radius 1 is 1.80 bits per heavy atom. The number of hydrogen-bond acceptors (Lipinski definition) is 2. The highest BCUT2D eigenvalue weighted by Crippen LogP contribution is 2.28. The molecule has 4 heteroatoms. The molecule has 1 aromatic heterocycles. The van der Waals surface area contributed by atoms with E-state index in [9.17, 15) is 4.39 Å². The van der Waals surface area contributed by atoms with Gasteiger partial charge >= 0.3 is 0 Å². The first-order chi connectivity index (χ1) is 4.75. The Balaban J connectivity index is 2.82. The second-order valence-electron chi connectivity index (χ2n) is 1.80. The van der Waals surface area contributed by atoms with Crippen LogP contribution in [0.3, 0.4) is 0 Å². The van der Waals surface area contributed by atoms with Crippen molar-refractivity contribution in [2.75, 3.05) is 6.67 Å². The highest BCUT2D eigenvalue weighted by molar-refractivity contribution is 9.10. The molecular weight excluding hydrogens is 219 g/mol. The van der Waals surface area contributed by atoms with Gasteiger partial charge in [-0.15, -0.1) is 11.3 Å². The number of halogens is 2. The van der Waals surface area contributed by atoms with E-state index in [1.54, 1.807) is 11.4 Å². The van der Waals surface area contributed by atoms with E-state index in [0.717, 1.165) is 4.47 Å². The van der Waals surface area contributed by atoms with Gasteiger partial charge in [0.15, 0.2) is 0 Å². The summed E-state index contributed by atoms with van der Waals surface area (Å²) in [4.78, 5) is 0.655. The van der Waals surface area contributed by atoms with Crippen molar-refractivity contribution < 1.29 is 9.50 Å². The summed E-state index contributed by atoms with van der Waals surface area (Å²) in [5, 5.41) is 10.8. The van der Waals surface area contributed by atoms with Crippen molar-refractivity contribution in [2.45, 2.75) is 6.10 Å². The van der Waals surface area contributed by atoms with Gasteiger partial charge in [-0.05, 0) is 27.4 Å². The smallest absolute Gasteiger partial charge is 0.120 e. The predicted octanol–water partition coefficient (Wildman–Crippen LogP) is 2.51. The first kappa shape index (κ1) is 8.17. The summed E-state index contributed by atoms with van der Waals surface area (Å²) >= 11 is 4.54. The minimum absolute atomic E-state index is 0.655. The second kappa shape index (κ2) is 3.46. The number of rotatable bonds is 2. The number of aliphatic hydroxyl groups is 1. The van der Waals surface area contributed by atoms with Crippen molar-refractivity contribution in [1.82, 2.24) is 0 Å². The normalized spacial score (nSPS) is 13.5. The van der Waals surface area contributed by atoms with Gasteiger partial charge in [0, 0.05) is 9.35 Å². The van der Waals surface area contributed by atoms with E-state index in [1.807, 2.05) is 0 Å². The van der Waals surface area contributed by atoms with Crippen LogP contribution in [0.2, 0.25) is 0 Å². The molecule has 0 aromatic carbocycles. The summed E-state index contributed by atoms with van der Waals surface area (Å²) < 4.78 is 12.6. The van der Waals surface area contributed by atoms with Crippen LogP contribution in [0.5, 0.6) is 0 Å².